The van der Waals surface area contributed by atoms with E-state index in [0.29, 0.717) is 0 Å². The fraction of sp³-hybridized carbons (Fsp3) is 1.00. The molecule has 0 rings (SSSR count). The van der Waals surface area contributed by atoms with Crippen molar-refractivity contribution < 1.29 is 0 Å². The first-order chi connectivity index (χ1) is 4.35. The molecule has 0 saturated carbocycles. The summed E-state index contributed by atoms with van der Waals surface area (Å²) in [5.74, 6) is 0. The van der Waals surface area contributed by atoms with Gasteiger partial charge in [-0.1, -0.05) is 43.4 Å². The lowest BCUT2D eigenvalue weighted by atomic mass is 10.5. The Hall–Kier alpha value is 0.690. The highest BCUT2D eigenvalue weighted by molar-refractivity contribution is 14.1. The summed E-state index contributed by atoms with van der Waals surface area (Å²) in [7, 11) is 0. The van der Waals surface area contributed by atoms with Crippen molar-refractivity contribution in [3.63, 3.8) is 0 Å². The maximum absolute atomic E-state index is 2.38. The SMILES string of the molecule is CCN(CC)CC.CI. The van der Waals surface area contributed by atoms with Gasteiger partial charge in [-0.25, -0.2) is 0 Å². The van der Waals surface area contributed by atoms with Gasteiger partial charge < -0.3 is 4.90 Å². The fourth-order valence-electron chi connectivity index (χ4n) is 0.671. The molecular formula is C7H18IN. The van der Waals surface area contributed by atoms with Gasteiger partial charge in [0.15, 0.2) is 0 Å². The molecule has 0 aromatic heterocycles. The van der Waals surface area contributed by atoms with E-state index in [1.54, 1.807) is 0 Å². The third kappa shape index (κ3) is 8.69. The lowest BCUT2D eigenvalue weighted by molar-refractivity contribution is 0.321. The van der Waals surface area contributed by atoms with E-state index in [1.807, 2.05) is 4.93 Å². The topological polar surface area (TPSA) is 3.24 Å². The highest BCUT2D eigenvalue weighted by Crippen LogP contribution is 1.81. The van der Waals surface area contributed by atoms with Gasteiger partial charge >= 0.3 is 0 Å². The predicted octanol–water partition coefficient (Wildman–Crippen LogP) is 2.40. The zero-order valence-corrected chi connectivity index (χ0v) is 9.10. The highest BCUT2D eigenvalue weighted by atomic mass is 127. The maximum Gasteiger partial charge on any atom is -0.00474 e. The van der Waals surface area contributed by atoms with Gasteiger partial charge in [0.05, 0.1) is 0 Å². The van der Waals surface area contributed by atoms with Crippen LogP contribution in [-0.4, -0.2) is 29.5 Å². The van der Waals surface area contributed by atoms with E-state index in [0.717, 1.165) is 0 Å². The largest absolute Gasteiger partial charge is 0.304 e. The van der Waals surface area contributed by atoms with Crippen LogP contribution < -0.4 is 0 Å². The average Bonchev–Trinajstić information content (AvgIpc) is 1.96. The second-order valence-electron chi connectivity index (χ2n) is 1.62. The third-order valence-electron chi connectivity index (χ3n) is 1.34. The number of halogens is 1. The monoisotopic (exact) mass is 243 g/mol. The van der Waals surface area contributed by atoms with Crippen LogP contribution in [0.1, 0.15) is 20.8 Å². The Bertz CT molecular complexity index is 30.4. The van der Waals surface area contributed by atoms with Gasteiger partial charge in [-0.2, -0.15) is 0 Å². The Balaban J connectivity index is 0. The number of alkyl halides is 1. The minimum Gasteiger partial charge on any atom is -0.304 e. The Morgan fingerprint density at radius 2 is 1.11 bits per heavy atom. The van der Waals surface area contributed by atoms with E-state index in [4.69, 9.17) is 0 Å². The van der Waals surface area contributed by atoms with Crippen molar-refractivity contribution in [2.45, 2.75) is 20.8 Å². The Morgan fingerprint density at radius 1 is 0.889 bits per heavy atom. The zero-order chi connectivity index (χ0) is 7.70. The molecular weight excluding hydrogens is 225 g/mol. The highest BCUT2D eigenvalue weighted by Gasteiger charge is 1.89. The third-order valence-corrected chi connectivity index (χ3v) is 1.34. The quantitative estimate of drug-likeness (QED) is 0.543. The lowest BCUT2D eigenvalue weighted by Gasteiger charge is -2.13. The molecule has 1 nitrogen and oxygen atoms in total. The van der Waals surface area contributed by atoms with Gasteiger partial charge in [0.2, 0.25) is 0 Å². The molecule has 0 spiro atoms. The zero-order valence-electron chi connectivity index (χ0n) is 6.95. The van der Waals surface area contributed by atoms with E-state index < -0.39 is 0 Å². The molecule has 0 atom stereocenters. The molecule has 0 heterocycles. The van der Waals surface area contributed by atoms with Gasteiger partial charge in [-0.15, -0.1) is 0 Å². The second-order valence-corrected chi connectivity index (χ2v) is 1.62. The summed E-state index contributed by atoms with van der Waals surface area (Å²) in [6, 6.07) is 0. The molecule has 0 aromatic rings. The number of nitrogens with zero attached hydrogens (tertiary/aromatic N) is 1. The lowest BCUT2D eigenvalue weighted by Crippen LogP contribution is -2.21. The van der Waals surface area contributed by atoms with Crippen LogP contribution in [-0.2, 0) is 0 Å². The molecule has 0 unspecified atom stereocenters. The molecule has 0 aliphatic rings. The van der Waals surface area contributed by atoms with Crippen LogP contribution in [0.25, 0.3) is 0 Å². The summed E-state index contributed by atoms with van der Waals surface area (Å²) in [6.45, 7) is 10.1. The Morgan fingerprint density at radius 3 is 1.11 bits per heavy atom. The Labute approximate surface area is 73.0 Å². The van der Waals surface area contributed by atoms with Crippen LogP contribution in [0, 0.1) is 0 Å². The summed E-state index contributed by atoms with van der Waals surface area (Å²) < 4.78 is 0. The molecule has 0 aliphatic carbocycles. The van der Waals surface area contributed by atoms with Gasteiger partial charge in [0.1, 0.15) is 0 Å². The first-order valence-corrected chi connectivity index (χ1v) is 5.61. The van der Waals surface area contributed by atoms with Crippen molar-refractivity contribution in [1.82, 2.24) is 4.90 Å². The first-order valence-electron chi connectivity index (χ1n) is 3.45. The van der Waals surface area contributed by atoms with Crippen molar-refractivity contribution in [3.8, 4) is 0 Å². The predicted molar refractivity (Wildman–Crippen MR) is 53.4 cm³/mol. The number of rotatable bonds is 3. The minimum atomic E-state index is 1.19. The smallest absolute Gasteiger partial charge is 0.00474 e. The van der Waals surface area contributed by atoms with Crippen molar-refractivity contribution in [2.75, 3.05) is 24.6 Å². The standard InChI is InChI=1S/C6H15N.CH3I/c1-4-7(5-2)6-3;1-2/h4-6H2,1-3H3;1H3. The van der Waals surface area contributed by atoms with E-state index in [1.165, 1.54) is 19.6 Å². The number of hydrogen-bond acceptors (Lipinski definition) is 1. The van der Waals surface area contributed by atoms with Gasteiger partial charge in [-0.3, -0.25) is 0 Å². The normalized spacial score (nSPS) is 8.67. The molecule has 0 fully saturated rings. The molecule has 0 radical (unpaired) electrons. The van der Waals surface area contributed by atoms with Crippen LogP contribution in [0.5, 0.6) is 0 Å². The van der Waals surface area contributed by atoms with Crippen LogP contribution in [0.4, 0.5) is 0 Å². The maximum atomic E-state index is 2.38. The summed E-state index contributed by atoms with van der Waals surface area (Å²) in [6.07, 6.45) is 0. The van der Waals surface area contributed by atoms with Crippen LogP contribution in [0.3, 0.4) is 0 Å². The molecule has 2 heteroatoms. The van der Waals surface area contributed by atoms with E-state index >= 15 is 0 Å². The molecule has 0 amide bonds. The Kier molecular flexibility index (Phi) is 15.8. The van der Waals surface area contributed by atoms with Crippen molar-refractivity contribution in [1.29, 1.82) is 0 Å². The average molecular weight is 243 g/mol. The van der Waals surface area contributed by atoms with E-state index in [-0.39, 0.29) is 0 Å². The molecule has 0 aromatic carbocycles. The van der Waals surface area contributed by atoms with Crippen LogP contribution in [0.15, 0.2) is 0 Å². The van der Waals surface area contributed by atoms with Crippen molar-refractivity contribution >= 4 is 22.6 Å². The van der Waals surface area contributed by atoms with Crippen LogP contribution in [0.2, 0.25) is 0 Å². The molecule has 0 saturated heterocycles. The molecule has 58 valence electrons. The van der Waals surface area contributed by atoms with Crippen molar-refractivity contribution in [3.05, 3.63) is 0 Å². The van der Waals surface area contributed by atoms with Gasteiger partial charge in [0.25, 0.3) is 0 Å². The first kappa shape index (κ1) is 12.4. The van der Waals surface area contributed by atoms with Crippen LogP contribution >= 0.6 is 22.6 Å². The molecule has 0 N–H and O–H groups in total. The fourth-order valence-corrected chi connectivity index (χ4v) is 0.671. The summed E-state index contributed by atoms with van der Waals surface area (Å²) >= 11 is 2.15. The van der Waals surface area contributed by atoms with Gasteiger partial charge in [-0.05, 0) is 24.6 Å². The molecule has 0 bridgehead atoms. The molecule has 9 heavy (non-hydrogen) atoms. The summed E-state index contributed by atoms with van der Waals surface area (Å²) in [5.41, 5.74) is 0. The summed E-state index contributed by atoms with van der Waals surface area (Å²) in [5, 5.41) is 0. The summed E-state index contributed by atoms with van der Waals surface area (Å²) in [4.78, 5) is 4.34. The number of hydrogen-bond donors (Lipinski definition) is 0. The van der Waals surface area contributed by atoms with E-state index in [2.05, 4.69) is 48.3 Å². The van der Waals surface area contributed by atoms with E-state index in [9.17, 15) is 0 Å². The second kappa shape index (κ2) is 11.5. The molecule has 0 aliphatic heterocycles. The van der Waals surface area contributed by atoms with Crippen molar-refractivity contribution in [2.24, 2.45) is 0 Å². The minimum absolute atomic E-state index is 1.19. The van der Waals surface area contributed by atoms with Gasteiger partial charge in [0, 0.05) is 0 Å².